The van der Waals surface area contributed by atoms with Gasteiger partial charge in [0.15, 0.2) is 0 Å². The van der Waals surface area contributed by atoms with Crippen molar-refractivity contribution < 1.29 is 12.6 Å². The third-order valence-corrected chi connectivity index (χ3v) is 4.49. The summed E-state index contributed by atoms with van der Waals surface area (Å²) in [6, 6.07) is 11.6. The molecular weight excluding hydrogens is 365 g/mol. The van der Waals surface area contributed by atoms with E-state index >= 15 is 0 Å². The van der Waals surface area contributed by atoms with Gasteiger partial charge in [0.1, 0.15) is 3.70 Å². The Kier molecular flexibility index (Phi) is 4.31. The van der Waals surface area contributed by atoms with Gasteiger partial charge in [0.2, 0.25) is 0 Å². The maximum Gasteiger partial charge on any atom is 0.297 e. The Labute approximate surface area is 119 Å². The second-order valence-electron chi connectivity index (χ2n) is 3.48. The van der Waals surface area contributed by atoms with E-state index in [4.69, 9.17) is 4.18 Å². The monoisotopic (exact) mass is 375 g/mol. The van der Waals surface area contributed by atoms with Crippen LogP contribution in [0.3, 0.4) is 0 Å². The average Bonchev–Trinajstić information content (AvgIpc) is 2.39. The number of hydrogen-bond donors (Lipinski definition) is 0. The molecule has 0 bridgehead atoms. The van der Waals surface area contributed by atoms with Gasteiger partial charge in [-0.3, -0.25) is 4.18 Å². The lowest BCUT2D eigenvalue weighted by Crippen LogP contribution is -2.07. The van der Waals surface area contributed by atoms with Gasteiger partial charge in [-0.25, -0.2) is 4.98 Å². The molecule has 1 aromatic carbocycles. The molecule has 4 nitrogen and oxygen atoms in total. The molecule has 2 rings (SSSR count). The predicted molar refractivity (Wildman–Crippen MR) is 75.4 cm³/mol. The fourth-order valence-corrected chi connectivity index (χ4v) is 2.73. The summed E-state index contributed by atoms with van der Waals surface area (Å²) in [6.07, 6.45) is 1.65. The fourth-order valence-electron chi connectivity index (χ4n) is 1.32. The molecule has 0 aliphatic carbocycles. The van der Waals surface area contributed by atoms with Crippen LogP contribution in [-0.4, -0.2) is 13.4 Å². The Morgan fingerprint density at radius 3 is 2.50 bits per heavy atom. The highest BCUT2D eigenvalue weighted by Crippen LogP contribution is 2.16. The van der Waals surface area contributed by atoms with Crippen molar-refractivity contribution in [1.82, 2.24) is 4.98 Å². The Hall–Kier alpha value is -0.990. The van der Waals surface area contributed by atoms with Crippen LogP contribution in [0.4, 0.5) is 0 Å². The summed E-state index contributed by atoms with van der Waals surface area (Å²) in [5.41, 5.74) is 0.748. The van der Waals surface area contributed by atoms with E-state index in [2.05, 4.69) is 4.98 Å². The van der Waals surface area contributed by atoms with Crippen molar-refractivity contribution in [3.8, 4) is 0 Å². The zero-order valence-corrected chi connectivity index (χ0v) is 12.3. The van der Waals surface area contributed by atoms with E-state index in [-0.39, 0.29) is 11.5 Å². The summed E-state index contributed by atoms with van der Waals surface area (Å²) < 4.78 is 29.5. The molecule has 0 aliphatic rings. The molecule has 2 aromatic rings. The van der Waals surface area contributed by atoms with E-state index in [0.717, 1.165) is 9.26 Å². The van der Waals surface area contributed by atoms with Crippen LogP contribution in [0.5, 0.6) is 0 Å². The van der Waals surface area contributed by atoms with Gasteiger partial charge in [-0.1, -0.05) is 24.3 Å². The smallest absolute Gasteiger partial charge is 0.261 e. The molecule has 1 aromatic heterocycles. The first-order valence-electron chi connectivity index (χ1n) is 5.13. The SMILES string of the molecule is O=S(=O)(OCc1cccnc1I)c1ccccc1. The quantitative estimate of drug-likeness (QED) is 0.468. The number of halogens is 1. The highest BCUT2D eigenvalue weighted by Gasteiger charge is 2.15. The second-order valence-corrected chi connectivity index (χ2v) is 6.12. The molecule has 0 radical (unpaired) electrons. The molecule has 0 atom stereocenters. The summed E-state index contributed by atoms with van der Waals surface area (Å²) in [5.74, 6) is 0. The minimum absolute atomic E-state index is 0.0106. The lowest BCUT2D eigenvalue weighted by atomic mass is 10.3. The van der Waals surface area contributed by atoms with E-state index in [1.54, 1.807) is 36.5 Å². The minimum Gasteiger partial charge on any atom is -0.261 e. The minimum atomic E-state index is -3.71. The molecule has 0 fully saturated rings. The Bertz CT molecular complexity index is 629. The Morgan fingerprint density at radius 2 is 1.83 bits per heavy atom. The van der Waals surface area contributed by atoms with E-state index in [1.807, 2.05) is 22.6 Å². The van der Waals surface area contributed by atoms with Gasteiger partial charge in [0, 0.05) is 11.8 Å². The zero-order valence-electron chi connectivity index (χ0n) is 9.28. The molecule has 0 unspecified atom stereocenters. The highest BCUT2D eigenvalue weighted by atomic mass is 127. The van der Waals surface area contributed by atoms with Crippen molar-refractivity contribution in [3.05, 3.63) is 57.9 Å². The average molecular weight is 375 g/mol. The lowest BCUT2D eigenvalue weighted by molar-refractivity contribution is 0.306. The van der Waals surface area contributed by atoms with Crippen molar-refractivity contribution in [2.75, 3.05) is 0 Å². The topological polar surface area (TPSA) is 56.3 Å². The van der Waals surface area contributed by atoms with E-state index in [0.29, 0.717) is 0 Å². The van der Waals surface area contributed by atoms with Gasteiger partial charge < -0.3 is 0 Å². The van der Waals surface area contributed by atoms with Gasteiger partial charge >= 0.3 is 0 Å². The summed E-state index contributed by atoms with van der Waals surface area (Å²) in [7, 11) is -3.71. The highest BCUT2D eigenvalue weighted by molar-refractivity contribution is 14.1. The molecule has 0 aliphatic heterocycles. The molecule has 1 heterocycles. The van der Waals surface area contributed by atoms with E-state index < -0.39 is 10.1 Å². The number of hydrogen-bond acceptors (Lipinski definition) is 4. The zero-order chi connectivity index (χ0) is 13.0. The third kappa shape index (κ3) is 3.27. The van der Waals surface area contributed by atoms with Gasteiger partial charge in [-0.15, -0.1) is 0 Å². The Morgan fingerprint density at radius 1 is 1.11 bits per heavy atom. The molecule has 0 saturated heterocycles. The summed E-state index contributed by atoms with van der Waals surface area (Å²) in [4.78, 5) is 4.22. The predicted octanol–water partition coefficient (Wildman–Crippen LogP) is 2.59. The van der Waals surface area contributed by atoms with Crippen molar-refractivity contribution in [2.45, 2.75) is 11.5 Å². The Balaban J connectivity index is 2.14. The maximum absolute atomic E-state index is 11.9. The van der Waals surface area contributed by atoms with Crippen LogP contribution in [0.15, 0.2) is 53.6 Å². The largest absolute Gasteiger partial charge is 0.297 e. The van der Waals surface area contributed by atoms with Gasteiger partial charge in [-0.05, 0) is 40.8 Å². The first kappa shape index (κ1) is 13.4. The van der Waals surface area contributed by atoms with Crippen molar-refractivity contribution in [1.29, 1.82) is 0 Å². The van der Waals surface area contributed by atoms with Crippen LogP contribution in [0, 0.1) is 3.70 Å². The summed E-state index contributed by atoms with van der Waals surface area (Å²) >= 11 is 2.04. The maximum atomic E-state index is 11.9. The first-order valence-corrected chi connectivity index (χ1v) is 7.62. The first-order chi connectivity index (χ1) is 8.59. The van der Waals surface area contributed by atoms with Crippen LogP contribution in [0.1, 0.15) is 5.56 Å². The number of nitrogens with zero attached hydrogens (tertiary/aromatic N) is 1. The van der Waals surface area contributed by atoms with Crippen molar-refractivity contribution >= 4 is 32.7 Å². The lowest BCUT2D eigenvalue weighted by Gasteiger charge is -2.06. The molecule has 0 spiro atoms. The van der Waals surface area contributed by atoms with Crippen molar-refractivity contribution in [3.63, 3.8) is 0 Å². The third-order valence-electron chi connectivity index (χ3n) is 2.24. The number of aromatic nitrogens is 1. The normalized spacial score (nSPS) is 11.4. The molecule has 94 valence electrons. The van der Waals surface area contributed by atoms with Crippen LogP contribution < -0.4 is 0 Å². The van der Waals surface area contributed by atoms with E-state index in [9.17, 15) is 8.42 Å². The van der Waals surface area contributed by atoms with Gasteiger partial charge in [0.25, 0.3) is 10.1 Å². The van der Waals surface area contributed by atoms with Crippen molar-refractivity contribution in [2.24, 2.45) is 0 Å². The molecule has 18 heavy (non-hydrogen) atoms. The standard InChI is InChI=1S/C12H10INO3S/c13-12-10(5-4-8-14-12)9-17-18(15,16)11-6-2-1-3-7-11/h1-8H,9H2. The van der Waals surface area contributed by atoms with Crippen LogP contribution >= 0.6 is 22.6 Å². The number of benzene rings is 1. The number of rotatable bonds is 4. The molecule has 6 heteroatoms. The van der Waals surface area contributed by atoms with Gasteiger partial charge in [0.05, 0.1) is 11.5 Å². The van der Waals surface area contributed by atoms with Crippen LogP contribution in [0.2, 0.25) is 0 Å². The fraction of sp³-hybridized carbons (Fsp3) is 0.0833. The second kappa shape index (κ2) is 5.77. The molecule has 0 saturated carbocycles. The van der Waals surface area contributed by atoms with Gasteiger partial charge in [-0.2, -0.15) is 8.42 Å². The summed E-state index contributed by atoms with van der Waals surface area (Å²) in [6.45, 7) is -0.0106. The van der Waals surface area contributed by atoms with Crippen LogP contribution in [0.25, 0.3) is 0 Å². The molecule has 0 N–H and O–H groups in total. The summed E-state index contributed by atoms with van der Waals surface area (Å²) in [5, 5.41) is 0. The molecular formula is C12H10INO3S. The van der Waals surface area contributed by atoms with E-state index in [1.165, 1.54) is 12.1 Å². The van der Waals surface area contributed by atoms with Crippen LogP contribution in [-0.2, 0) is 20.9 Å². The number of pyridine rings is 1. The molecule has 0 amide bonds.